The fourth-order valence-electron chi connectivity index (χ4n) is 7.61. The molecule has 238 valence electrons. The van der Waals surface area contributed by atoms with E-state index in [-0.39, 0.29) is 24.3 Å². The van der Waals surface area contributed by atoms with Gasteiger partial charge in [-0.05, 0) is 51.0 Å². The number of fused-ring (bicyclic) bond motifs is 2. The number of unbranched alkanes of at least 4 members (excludes halogenated alkanes) is 1. The largest absolute Gasteiger partial charge is 0.494 e. The number of hydrogen-bond acceptors (Lipinski definition) is 8. The van der Waals surface area contributed by atoms with Crippen LogP contribution in [0.15, 0.2) is 48.6 Å². The van der Waals surface area contributed by atoms with Crippen molar-refractivity contribution in [2.75, 3.05) is 77.1 Å². The Balaban J connectivity index is 1.33. The minimum atomic E-state index is -1.29. The highest BCUT2D eigenvalue weighted by Gasteiger charge is 2.74. The maximum atomic E-state index is 14.5. The van der Waals surface area contributed by atoms with Crippen molar-refractivity contribution in [2.24, 2.45) is 11.8 Å². The summed E-state index contributed by atoms with van der Waals surface area (Å²) in [6.45, 7) is 9.59. The van der Waals surface area contributed by atoms with Crippen molar-refractivity contribution in [3.05, 3.63) is 48.6 Å². The average molecular weight is 609 g/mol. The third-order valence-electron chi connectivity index (χ3n) is 9.70. The molecule has 1 aromatic rings. The van der Waals surface area contributed by atoms with Gasteiger partial charge in [0.15, 0.2) is 0 Å². The SMILES string of the molecule is CCOc1ccc(N2CC=C[C@]3(C)O[C@]45C=CCN(CCN6CCOCC6)C(=O)C4N(CCCCO)C(=O)[C@@H]5[C@@H]3C2=O)cc1. The van der Waals surface area contributed by atoms with Crippen LogP contribution in [-0.2, 0) is 23.9 Å². The number of aliphatic hydroxyl groups excluding tert-OH is 1. The van der Waals surface area contributed by atoms with E-state index in [9.17, 15) is 19.5 Å². The Morgan fingerprint density at radius 3 is 2.39 bits per heavy atom. The lowest BCUT2D eigenvalue weighted by Crippen LogP contribution is -2.56. The first-order chi connectivity index (χ1) is 21.3. The van der Waals surface area contributed by atoms with E-state index in [1.165, 1.54) is 0 Å². The van der Waals surface area contributed by atoms with Crippen molar-refractivity contribution < 1.29 is 33.7 Å². The summed E-state index contributed by atoms with van der Waals surface area (Å²) in [6.07, 6.45) is 8.69. The maximum Gasteiger partial charge on any atom is 0.249 e. The number of aliphatic hydroxyl groups is 1. The molecule has 6 rings (SSSR count). The van der Waals surface area contributed by atoms with E-state index in [1.54, 1.807) is 9.80 Å². The predicted molar refractivity (Wildman–Crippen MR) is 163 cm³/mol. The van der Waals surface area contributed by atoms with Gasteiger partial charge in [0.05, 0.1) is 37.3 Å². The van der Waals surface area contributed by atoms with Gasteiger partial charge < -0.3 is 34.0 Å². The zero-order valence-corrected chi connectivity index (χ0v) is 25.7. The second-order valence-electron chi connectivity index (χ2n) is 12.4. The van der Waals surface area contributed by atoms with Gasteiger partial charge in [-0.2, -0.15) is 0 Å². The van der Waals surface area contributed by atoms with Gasteiger partial charge in [-0.15, -0.1) is 0 Å². The molecule has 1 unspecified atom stereocenters. The number of ether oxygens (including phenoxy) is 3. The van der Waals surface area contributed by atoms with E-state index < -0.39 is 29.1 Å². The third-order valence-corrected chi connectivity index (χ3v) is 9.70. The van der Waals surface area contributed by atoms with Gasteiger partial charge >= 0.3 is 0 Å². The van der Waals surface area contributed by atoms with Gasteiger partial charge in [0, 0.05) is 58.1 Å². The first-order valence-electron chi connectivity index (χ1n) is 15.9. The quantitative estimate of drug-likeness (QED) is 0.314. The molecule has 44 heavy (non-hydrogen) atoms. The molecule has 3 amide bonds. The van der Waals surface area contributed by atoms with Crippen molar-refractivity contribution in [1.82, 2.24) is 14.7 Å². The Morgan fingerprint density at radius 1 is 0.909 bits per heavy atom. The molecule has 5 atom stereocenters. The van der Waals surface area contributed by atoms with Gasteiger partial charge in [0.1, 0.15) is 17.4 Å². The Morgan fingerprint density at radius 2 is 1.66 bits per heavy atom. The van der Waals surface area contributed by atoms with Gasteiger partial charge in [-0.1, -0.05) is 24.3 Å². The average Bonchev–Trinajstić information content (AvgIpc) is 3.29. The first kappa shape index (κ1) is 30.8. The van der Waals surface area contributed by atoms with Crippen LogP contribution in [0.2, 0.25) is 0 Å². The summed E-state index contributed by atoms with van der Waals surface area (Å²) in [5.74, 6) is -1.60. The van der Waals surface area contributed by atoms with Gasteiger partial charge in [-0.25, -0.2) is 0 Å². The second kappa shape index (κ2) is 12.6. The molecule has 5 heterocycles. The minimum Gasteiger partial charge on any atom is -0.494 e. The molecule has 0 radical (unpaired) electrons. The number of amides is 3. The van der Waals surface area contributed by atoms with E-state index in [0.717, 1.165) is 18.8 Å². The zero-order chi connectivity index (χ0) is 30.9. The second-order valence-corrected chi connectivity index (χ2v) is 12.4. The number of carbonyl (C=O) groups is 3. The lowest BCUT2D eigenvalue weighted by molar-refractivity contribution is -0.151. The summed E-state index contributed by atoms with van der Waals surface area (Å²) >= 11 is 0. The lowest BCUT2D eigenvalue weighted by Gasteiger charge is -2.38. The number of benzene rings is 1. The highest BCUT2D eigenvalue weighted by Crippen LogP contribution is 2.57. The molecule has 11 heteroatoms. The molecule has 1 aromatic carbocycles. The van der Waals surface area contributed by atoms with Crippen LogP contribution in [0.3, 0.4) is 0 Å². The number of hydrogen-bond donors (Lipinski definition) is 1. The zero-order valence-electron chi connectivity index (χ0n) is 25.7. The van der Waals surface area contributed by atoms with Crippen molar-refractivity contribution >= 4 is 23.4 Å². The van der Waals surface area contributed by atoms with Gasteiger partial charge in [0.25, 0.3) is 0 Å². The van der Waals surface area contributed by atoms with Crippen molar-refractivity contribution in [2.45, 2.75) is 43.9 Å². The summed E-state index contributed by atoms with van der Waals surface area (Å²) in [6, 6.07) is 6.49. The molecule has 0 aliphatic carbocycles. The van der Waals surface area contributed by atoms with Crippen molar-refractivity contribution in [3.63, 3.8) is 0 Å². The number of likely N-dealkylation sites (tertiary alicyclic amines) is 1. The molecule has 5 aliphatic heterocycles. The van der Waals surface area contributed by atoms with Crippen LogP contribution >= 0.6 is 0 Å². The fraction of sp³-hybridized carbons (Fsp3) is 0.606. The standard InChI is InChI=1S/C33H44N4O7/c1-3-43-25-10-8-24(9-11-25)36-16-6-12-32(2)26(29(36)39)27-30(40)37(15-4-5-21-38)28-31(41)35(14-7-13-33(27,28)44-32)18-17-34-19-22-42-23-20-34/h6-13,26-28,38H,3-5,14-23H2,1-2H3/t26-,27+,28?,32+,33+/m1/s1. The van der Waals surface area contributed by atoms with Gasteiger partial charge in [-0.3, -0.25) is 19.3 Å². The van der Waals surface area contributed by atoms with Crippen LogP contribution in [-0.4, -0.2) is 127 Å². The Bertz CT molecular complexity index is 1300. The number of anilines is 1. The molecule has 0 bridgehead atoms. The van der Waals surface area contributed by atoms with Crippen LogP contribution in [0.5, 0.6) is 5.75 Å². The van der Waals surface area contributed by atoms with Crippen LogP contribution < -0.4 is 9.64 Å². The van der Waals surface area contributed by atoms with Crippen LogP contribution in [0.4, 0.5) is 5.69 Å². The van der Waals surface area contributed by atoms with Crippen LogP contribution in [0, 0.1) is 11.8 Å². The number of carbonyl (C=O) groups excluding carboxylic acids is 3. The molecular formula is C33H44N4O7. The van der Waals surface area contributed by atoms with Crippen LogP contribution in [0.25, 0.3) is 0 Å². The molecule has 1 N–H and O–H groups in total. The van der Waals surface area contributed by atoms with Gasteiger partial charge in [0.2, 0.25) is 17.7 Å². The number of nitrogens with zero attached hydrogens (tertiary/aromatic N) is 4. The Labute approximate surface area is 259 Å². The summed E-state index contributed by atoms with van der Waals surface area (Å²) in [4.78, 5) is 50.9. The summed E-state index contributed by atoms with van der Waals surface area (Å²) in [5, 5.41) is 9.48. The van der Waals surface area contributed by atoms with E-state index in [4.69, 9.17) is 14.2 Å². The van der Waals surface area contributed by atoms with E-state index in [0.29, 0.717) is 71.1 Å². The monoisotopic (exact) mass is 608 g/mol. The van der Waals surface area contributed by atoms with E-state index in [2.05, 4.69) is 4.90 Å². The van der Waals surface area contributed by atoms with E-state index in [1.807, 2.05) is 67.3 Å². The van der Waals surface area contributed by atoms with Crippen molar-refractivity contribution in [1.29, 1.82) is 0 Å². The normalized spacial score (nSPS) is 32.0. The summed E-state index contributed by atoms with van der Waals surface area (Å²) < 4.78 is 18.0. The van der Waals surface area contributed by atoms with Crippen LogP contribution in [0.1, 0.15) is 26.7 Å². The molecule has 0 aromatic heterocycles. The molecule has 5 aliphatic rings. The summed E-state index contributed by atoms with van der Waals surface area (Å²) in [5.41, 5.74) is -1.67. The van der Waals surface area contributed by atoms with Crippen molar-refractivity contribution in [3.8, 4) is 5.75 Å². The molecular weight excluding hydrogens is 564 g/mol. The third kappa shape index (κ3) is 5.33. The Hall–Kier alpha value is -3.25. The lowest BCUT2D eigenvalue weighted by atomic mass is 9.74. The van der Waals surface area contributed by atoms with E-state index >= 15 is 0 Å². The smallest absolute Gasteiger partial charge is 0.249 e. The Kier molecular flexibility index (Phi) is 8.83. The minimum absolute atomic E-state index is 0.00167. The predicted octanol–water partition coefficient (Wildman–Crippen LogP) is 1.46. The molecule has 3 saturated heterocycles. The topological polar surface area (TPSA) is 112 Å². The summed E-state index contributed by atoms with van der Waals surface area (Å²) in [7, 11) is 0. The highest BCUT2D eigenvalue weighted by molar-refractivity contribution is 6.04. The molecule has 1 spiro atoms. The number of morpholine rings is 1. The first-order valence-corrected chi connectivity index (χ1v) is 15.9. The maximum absolute atomic E-state index is 14.5. The number of rotatable bonds is 10. The molecule has 11 nitrogen and oxygen atoms in total. The fourth-order valence-corrected chi connectivity index (χ4v) is 7.61. The molecule has 0 saturated carbocycles. The molecule has 3 fully saturated rings. The highest BCUT2D eigenvalue weighted by atomic mass is 16.5.